The summed E-state index contributed by atoms with van der Waals surface area (Å²) in [6, 6.07) is 15.1. The van der Waals surface area contributed by atoms with E-state index in [4.69, 9.17) is 4.74 Å². The first-order valence-electron chi connectivity index (χ1n) is 9.33. The van der Waals surface area contributed by atoms with E-state index in [1.807, 2.05) is 36.4 Å². The van der Waals surface area contributed by atoms with Gasteiger partial charge in [-0.2, -0.15) is 4.68 Å². The molecule has 0 amide bonds. The van der Waals surface area contributed by atoms with E-state index in [0.29, 0.717) is 6.54 Å². The minimum absolute atomic E-state index is 0.282. The Labute approximate surface area is 163 Å². The Balaban J connectivity index is 1.33. The monoisotopic (exact) mass is 382 g/mol. The normalized spacial score (nSPS) is 15.6. The van der Waals surface area contributed by atoms with Crippen LogP contribution >= 0.6 is 0 Å². The van der Waals surface area contributed by atoms with Crippen molar-refractivity contribution in [2.24, 2.45) is 0 Å². The van der Waals surface area contributed by atoms with E-state index >= 15 is 0 Å². The van der Waals surface area contributed by atoms with Crippen LogP contribution in [0.25, 0.3) is 5.69 Å². The van der Waals surface area contributed by atoms with Gasteiger partial charge in [0.1, 0.15) is 0 Å². The molecule has 0 aliphatic carbocycles. The summed E-state index contributed by atoms with van der Waals surface area (Å²) in [6.07, 6.45) is 0. The molecule has 1 fully saturated rings. The largest absolute Gasteiger partial charge is 0.494 e. The fourth-order valence-electron chi connectivity index (χ4n) is 3.45. The Kier molecular flexibility index (Phi) is 5.59. The lowest BCUT2D eigenvalue weighted by Crippen LogP contribution is -2.45. The van der Waals surface area contributed by atoms with Crippen LogP contribution in [0.3, 0.4) is 0 Å². The number of methoxy groups -OCH3 is 1. The lowest BCUT2D eigenvalue weighted by atomic mass is 10.2. The third-order valence-corrected chi connectivity index (χ3v) is 4.99. The van der Waals surface area contributed by atoms with E-state index in [1.165, 1.54) is 7.11 Å². The highest BCUT2D eigenvalue weighted by Gasteiger charge is 2.20. The minimum atomic E-state index is -0.314. The Bertz CT molecular complexity index is 908. The van der Waals surface area contributed by atoms with E-state index in [9.17, 15) is 4.39 Å². The van der Waals surface area contributed by atoms with Gasteiger partial charge < -0.3 is 4.74 Å². The van der Waals surface area contributed by atoms with E-state index in [-0.39, 0.29) is 11.6 Å². The summed E-state index contributed by atoms with van der Waals surface area (Å²) in [5.41, 5.74) is 1.92. The topological polar surface area (TPSA) is 59.3 Å². The molecule has 1 aromatic heterocycles. The Morgan fingerprint density at radius 3 is 2.36 bits per heavy atom. The lowest BCUT2D eigenvalue weighted by Gasteiger charge is -2.34. The second-order valence-corrected chi connectivity index (χ2v) is 6.86. The molecule has 4 rings (SSSR count). The summed E-state index contributed by atoms with van der Waals surface area (Å²) in [6.45, 7) is 5.10. The van der Waals surface area contributed by atoms with Crippen molar-refractivity contribution >= 4 is 0 Å². The van der Waals surface area contributed by atoms with Crippen LogP contribution in [0.5, 0.6) is 5.75 Å². The average Bonchev–Trinajstić information content (AvgIpc) is 3.18. The van der Waals surface area contributed by atoms with Crippen molar-refractivity contribution in [3.63, 3.8) is 0 Å². The zero-order valence-electron chi connectivity index (χ0n) is 15.8. The predicted molar refractivity (Wildman–Crippen MR) is 103 cm³/mol. The quantitative estimate of drug-likeness (QED) is 0.651. The maximum absolute atomic E-state index is 13.9. The van der Waals surface area contributed by atoms with Gasteiger partial charge in [0.2, 0.25) is 0 Å². The van der Waals surface area contributed by atoms with E-state index in [2.05, 4.69) is 25.3 Å². The number of ether oxygens (including phenoxy) is 1. The Morgan fingerprint density at radius 2 is 1.68 bits per heavy atom. The number of aromatic nitrogens is 4. The number of rotatable bonds is 6. The molecule has 8 heteroatoms. The van der Waals surface area contributed by atoms with Crippen molar-refractivity contribution in [1.82, 2.24) is 30.0 Å². The molecule has 0 N–H and O–H groups in total. The zero-order valence-corrected chi connectivity index (χ0v) is 15.8. The molecule has 0 radical (unpaired) electrons. The molecule has 0 unspecified atom stereocenters. The number of benzene rings is 2. The lowest BCUT2D eigenvalue weighted by molar-refractivity contribution is 0.119. The Morgan fingerprint density at radius 1 is 0.964 bits per heavy atom. The van der Waals surface area contributed by atoms with Crippen molar-refractivity contribution in [2.45, 2.75) is 13.1 Å². The molecule has 1 saturated heterocycles. The SMILES string of the molecule is COc1ccc(CN2CCN(Cc3nnnn3-c3ccccc3)CC2)cc1F. The summed E-state index contributed by atoms with van der Waals surface area (Å²) in [4.78, 5) is 4.67. The molecule has 7 nitrogen and oxygen atoms in total. The average molecular weight is 382 g/mol. The summed E-state index contributed by atoms with van der Waals surface area (Å²) in [7, 11) is 1.48. The number of hydrogen-bond acceptors (Lipinski definition) is 6. The summed E-state index contributed by atoms with van der Waals surface area (Å²) >= 11 is 0. The smallest absolute Gasteiger partial charge is 0.170 e. The molecule has 0 bridgehead atoms. The molecule has 28 heavy (non-hydrogen) atoms. The molecule has 1 aliphatic rings. The summed E-state index contributed by atoms with van der Waals surface area (Å²) in [5, 5.41) is 12.1. The van der Waals surface area contributed by atoms with Gasteiger partial charge >= 0.3 is 0 Å². The molecular formula is C20H23FN6O. The maximum Gasteiger partial charge on any atom is 0.170 e. The van der Waals surface area contributed by atoms with Crippen LogP contribution < -0.4 is 4.74 Å². The molecule has 0 atom stereocenters. The first-order valence-corrected chi connectivity index (χ1v) is 9.33. The third kappa shape index (κ3) is 4.18. The van der Waals surface area contributed by atoms with E-state index < -0.39 is 0 Å². The molecule has 0 spiro atoms. The number of hydrogen-bond donors (Lipinski definition) is 0. The second kappa shape index (κ2) is 8.45. The third-order valence-electron chi connectivity index (χ3n) is 4.99. The van der Waals surface area contributed by atoms with Crippen LogP contribution in [-0.2, 0) is 13.1 Å². The van der Waals surface area contributed by atoms with Crippen LogP contribution in [0.2, 0.25) is 0 Å². The number of piperazine rings is 1. The number of para-hydroxylation sites is 1. The van der Waals surface area contributed by atoms with E-state index in [1.54, 1.807) is 16.8 Å². The summed E-state index contributed by atoms with van der Waals surface area (Å²) in [5.74, 6) is 0.799. The van der Waals surface area contributed by atoms with Crippen LogP contribution in [0.15, 0.2) is 48.5 Å². The molecule has 0 saturated carbocycles. The molecule has 2 heterocycles. The highest BCUT2D eigenvalue weighted by atomic mass is 19.1. The van der Waals surface area contributed by atoms with Gasteiger partial charge in [0.25, 0.3) is 0 Å². The van der Waals surface area contributed by atoms with E-state index in [0.717, 1.165) is 49.8 Å². The predicted octanol–water partition coefficient (Wildman–Crippen LogP) is 2.13. The fraction of sp³-hybridized carbons (Fsp3) is 0.350. The number of tetrazole rings is 1. The number of halogens is 1. The van der Waals surface area contributed by atoms with Crippen molar-refractivity contribution in [3.8, 4) is 11.4 Å². The van der Waals surface area contributed by atoms with Gasteiger partial charge in [0.05, 0.1) is 19.3 Å². The summed E-state index contributed by atoms with van der Waals surface area (Å²) < 4.78 is 20.6. The molecule has 146 valence electrons. The van der Waals surface area contributed by atoms with Gasteiger partial charge in [-0.05, 0) is 40.3 Å². The van der Waals surface area contributed by atoms with Gasteiger partial charge in [0.15, 0.2) is 17.4 Å². The van der Waals surface area contributed by atoms with Gasteiger partial charge in [-0.15, -0.1) is 5.10 Å². The van der Waals surface area contributed by atoms with Gasteiger partial charge in [-0.25, -0.2) is 4.39 Å². The van der Waals surface area contributed by atoms with Crippen molar-refractivity contribution in [2.75, 3.05) is 33.3 Å². The zero-order chi connectivity index (χ0) is 19.3. The van der Waals surface area contributed by atoms with Crippen molar-refractivity contribution < 1.29 is 9.13 Å². The highest BCUT2D eigenvalue weighted by Crippen LogP contribution is 2.19. The Hall–Kier alpha value is -2.84. The maximum atomic E-state index is 13.9. The second-order valence-electron chi connectivity index (χ2n) is 6.86. The van der Waals surface area contributed by atoms with Gasteiger partial charge in [-0.1, -0.05) is 24.3 Å². The molecular weight excluding hydrogens is 359 g/mol. The molecule has 3 aromatic rings. The first-order chi connectivity index (χ1) is 13.7. The highest BCUT2D eigenvalue weighted by molar-refractivity contribution is 5.30. The van der Waals surface area contributed by atoms with Gasteiger partial charge in [0, 0.05) is 32.7 Å². The van der Waals surface area contributed by atoms with Crippen molar-refractivity contribution in [1.29, 1.82) is 0 Å². The van der Waals surface area contributed by atoms with Crippen LogP contribution in [0.4, 0.5) is 4.39 Å². The van der Waals surface area contributed by atoms with Crippen molar-refractivity contribution in [3.05, 3.63) is 65.7 Å². The van der Waals surface area contributed by atoms with Crippen LogP contribution in [-0.4, -0.2) is 63.3 Å². The van der Waals surface area contributed by atoms with Crippen LogP contribution in [0.1, 0.15) is 11.4 Å². The minimum Gasteiger partial charge on any atom is -0.494 e. The van der Waals surface area contributed by atoms with Gasteiger partial charge in [-0.3, -0.25) is 9.80 Å². The molecule has 2 aromatic carbocycles. The molecule has 1 aliphatic heterocycles. The van der Waals surface area contributed by atoms with Crippen LogP contribution in [0, 0.1) is 5.82 Å². The first kappa shape index (κ1) is 18.5. The standard InChI is InChI=1S/C20H23FN6O/c1-28-19-8-7-16(13-18(19)21)14-25-9-11-26(12-10-25)15-20-22-23-24-27(20)17-5-3-2-4-6-17/h2-8,13H,9-12,14-15H2,1H3. The number of nitrogens with zero attached hydrogens (tertiary/aromatic N) is 6. The fourth-order valence-corrected chi connectivity index (χ4v) is 3.45.